The standard InChI is InChI=1S/C25H19Cl2FN2O3S/c1-2-32-24(31)23-22(15-7-4-3-5-8-15)30-25(34-23)29-16-11-12-21(19(27)13-16)33-14-17-18(26)9-6-10-20(17)28/h3-13H,2,14H2,1H3,(H,29,30). The van der Waals surface area contributed by atoms with E-state index < -0.39 is 11.8 Å². The maximum atomic E-state index is 14.0. The summed E-state index contributed by atoms with van der Waals surface area (Å²) < 4.78 is 24.8. The number of carbonyl (C=O) groups is 1. The Balaban J connectivity index is 1.54. The molecule has 34 heavy (non-hydrogen) atoms. The summed E-state index contributed by atoms with van der Waals surface area (Å²) in [6.07, 6.45) is 0. The van der Waals surface area contributed by atoms with E-state index in [4.69, 9.17) is 32.7 Å². The van der Waals surface area contributed by atoms with Crippen molar-refractivity contribution < 1.29 is 18.7 Å². The lowest BCUT2D eigenvalue weighted by atomic mass is 10.1. The highest BCUT2D eigenvalue weighted by Gasteiger charge is 2.21. The predicted molar refractivity (Wildman–Crippen MR) is 134 cm³/mol. The highest BCUT2D eigenvalue weighted by Crippen LogP contribution is 2.35. The molecule has 0 bridgehead atoms. The highest BCUT2D eigenvalue weighted by atomic mass is 35.5. The summed E-state index contributed by atoms with van der Waals surface area (Å²) >= 11 is 13.6. The largest absolute Gasteiger partial charge is 0.487 e. The van der Waals surface area contributed by atoms with Crippen LogP contribution in [-0.4, -0.2) is 17.6 Å². The van der Waals surface area contributed by atoms with Crippen LogP contribution < -0.4 is 10.1 Å². The van der Waals surface area contributed by atoms with E-state index in [2.05, 4.69) is 10.3 Å². The fourth-order valence-electron chi connectivity index (χ4n) is 3.14. The molecule has 0 saturated heterocycles. The zero-order valence-electron chi connectivity index (χ0n) is 18.0. The Labute approximate surface area is 210 Å². The van der Waals surface area contributed by atoms with Gasteiger partial charge in [-0.1, -0.05) is 70.9 Å². The quantitative estimate of drug-likeness (QED) is 0.242. The summed E-state index contributed by atoms with van der Waals surface area (Å²) in [5.74, 6) is -0.499. The maximum absolute atomic E-state index is 14.0. The number of aromatic nitrogens is 1. The van der Waals surface area contributed by atoms with E-state index in [1.807, 2.05) is 30.3 Å². The van der Waals surface area contributed by atoms with E-state index in [9.17, 15) is 9.18 Å². The number of nitrogens with one attached hydrogen (secondary N) is 1. The molecule has 0 aliphatic heterocycles. The fourth-order valence-corrected chi connectivity index (χ4v) is 4.49. The van der Waals surface area contributed by atoms with Gasteiger partial charge >= 0.3 is 5.97 Å². The molecule has 0 radical (unpaired) electrons. The van der Waals surface area contributed by atoms with Crippen LogP contribution >= 0.6 is 34.5 Å². The molecule has 174 valence electrons. The van der Waals surface area contributed by atoms with E-state index in [1.165, 1.54) is 23.5 Å². The first-order valence-corrected chi connectivity index (χ1v) is 11.9. The van der Waals surface area contributed by atoms with Crippen LogP contribution in [0, 0.1) is 5.82 Å². The summed E-state index contributed by atoms with van der Waals surface area (Å²) in [5.41, 5.74) is 2.25. The summed E-state index contributed by atoms with van der Waals surface area (Å²) in [6, 6.07) is 18.9. The van der Waals surface area contributed by atoms with Crippen LogP contribution in [0.25, 0.3) is 11.3 Å². The van der Waals surface area contributed by atoms with Gasteiger partial charge in [-0.15, -0.1) is 0 Å². The van der Waals surface area contributed by atoms with Crippen molar-refractivity contribution in [2.24, 2.45) is 0 Å². The molecule has 0 unspecified atom stereocenters. The lowest BCUT2D eigenvalue weighted by molar-refractivity contribution is 0.0532. The van der Waals surface area contributed by atoms with Gasteiger partial charge in [0.1, 0.15) is 23.1 Å². The topological polar surface area (TPSA) is 60.5 Å². The molecule has 4 rings (SSSR count). The van der Waals surface area contributed by atoms with Crippen LogP contribution in [-0.2, 0) is 11.3 Å². The predicted octanol–water partition coefficient (Wildman–Crippen LogP) is 7.76. The summed E-state index contributed by atoms with van der Waals surface area (Å²) in [7, 11) is 0. The Kier molecular flexibility index (Phi) is 7.67. The van der Waals surface area contributed by atoms with Crippen molar-refractivity contribution in [2.45, 2.75) is 13.5 Å². The monoisotopic (exact) mass is 516 g/mol. The number of thiazole rings is 1. The number of esters is 1. The maximum Gasteiger partial charge on any atom is 0.350 e. The van der Waals surface area contributed by atoms with E-state index >= 15 is 0 Å². The van der Waals surface area contributed by atoms with E-state index in [1.54, 1.807) is 31.2 Å². The van der Waals surface area contributed by atoms with Crippen LogP contribution in [0.2, 0.25) is 10.0 Å². The van der Waals surface area contributed by atoms with E-state index in [0.717, 1.165) is 5.56 Å². The van der Waals surface area contributed by atoms with Crippen molar-refractivity contribution in [1.82, 2.24) is 4.98 Å². The molecule has 1 heterocycles. The molecular formula is C25H19Cl2FN2O3S. The minimum atomic E-state index is -0.447. The Morgan fingerprint density at radius 2 is 1.85 bits per heavy atom. The van der Waals surface area contributed by atoms with Gasteiger partial charge < -0.3 is 14.8 Å². The molecule has 0 fully saturated rings. The molecular weight excluding hydrogens is 498 g/mol. The number of benzene rings is 3. The van der Waals surface area contributed by atoms with Crippen LogP contribution in [0.15, 0.2) is 66.7 Å². The molecule has 9 heteroatoms. The normalized spacial score (nSPS) is 10.7. The van der Waals surface area contributed by atoms with Gasteiger partial charge in [0, 0.05) is 16.8 Å². The smallest absolute Gasteiger partial charge is 0.350 e. The molecule has 0 spiro atoms. The average molecular weight is 517 g/mol. The molecule has 1 N–H and O–H groups in total. The molecule has 5 nitrogen and oxygen atoms in total. The van der Waals surface area contributed by atoms with Gasteiger partial charge in [0.25, 0.3) is 0 Å². The van der Waals surface area contributed by atoms with Gasteiger partial charge in [-0.25, -0.2) is 14.2 Å². The first kappa shape index (κ1) is 24.0. The number of rotatable bonds is 8. The molecule has 0 saturated carbocycles. The molecule has 1 aromatic heterocycles. The molecule has 0 aliphatic rings. The van der Waals surface area contributed by atoms with Gasteiger partial charge in [-0.2, -0.15) is 0 Å². The van der Waals surface area contributed by atoms with Gasteiger partial charge in [0.15, 0.2) is 5.13 Å². The SMILES string of the molecule is CCOC(=O)c1sc(Nc2ccc(OCc3c(F)cccc3Cl)c(Cl)c2)nc1-c1ccccc1. The third-order valence-electron chi connectivity index (χ3n) is 4.75. The van der Waals surface area contributed by atoms with Crippen molar-refractivity contribution in [3.63, 3.8) is 0 Å². The molecule has 3 aromatic carbocycles. The zero-order valence-corrected chi connectivity index (χ0v) is 20.3. The second kappa shape index (κ2) is 10.9. The second-order valence-corrected chi connectivity index (χ2v) is 8.86. The van der Waals surface area contributed by atoms with Crippen LogP contribution in [0.1, 0.15) is 22.2 Å². The number of carbonyl (C=O) groups excluding carboxylic acids is 1. The van der Waals surface area contributed by atoms with Gasteiger partial charge in [0.05, 0.1) is 22.3 Å². The third-order valence-corrected chi connectivity index (χ3v) is 6.35. The first-order chi connectivity index (χ1) is 16.5. The van der Waals surface area contributed by atoms with Crippen LogP contribution in [0.4, 0.5) is 15.2 Å². The average Bonchev–Trinajstić information content (AvgIpc) is 3.24. The van der Waals surface area contributed by atoms with E-state index in [0.29, 0.717) is 32.2 Å². The number of nitrogens with zero attached hydrogens (tertiary/aromatic N) is 1. The summed E-state index contributed by atoms with van der Waals surface area (Å²) in [4.78, 5) is 17.5. The fraction of sp³-hybridized carbons (Fsp3) is 0.120. The molecule has 0 aliphatic carbocycles. The third kappa shape index (κ3) is 5.50. The molecule has 0 amide bonds. The minimum Gasteiger partial charge on any atom is -0.487 e. The van der Waals surface area contributed by atoms with Crippen molar-refractivity contribution in [3.05, 3.63) is 93.0 Å². The minimum absolute atomic E-state index is 0.0617. The van der Waals surface area contributed by atoms with Crippen molar-refractivity contribution in [3.8, 4) is 17.0 Å². The molecule has 4 aromatic rings. The van der Waals surface area contributed by atoms with Crippen molar-refractivity contribution in [1.29, 1.82) is 0 Å². The van der Waals surface area contributed by atoms with Gasteiger partial charge in [0.2, 0.25) is 0 Å². The molecule has 0 atom stereocenters. The van der Waals surface area contributed by atoms with Crippen molar-refractivity contribution in [2.75, 3.05) is 11.9 Å². The summed E-state index contributed by atoms with van der Waals surface area (Å²) in [5, 5.41) is 4.28. The van der Waals surface area contributed by atoms with Crippen LogP contribution in [0.3, 0.4) is 0 Å². The van der Waals surface area contributed by atoms with Crippen LogP contribution in [0.5, 0.6) is 5.75 Å². The summed E-state index contributed by atoms with van der Waals surface area (Å²) in [6.45, 7) is 1.96. The highest BCUT2D eigenvalue weighted by molar-refractivity contribution is 7.18. The Morgan fingerprint density at radius 1 is 1.06 bits per heavy atom. The lowest BCUT2D eigenvalue weighted by Crippen LogP contribution is -2.03. The number of hydrogen-bond donors (Lipinski definition) is 1. The van der Waals surface area contributed by atoms with E-state index in [-0.39, 0.29) is 23.8 Å². The second-order valence-electron chi connectivity index (χ2n) is 7.04. The Hall–Kier alpha value is -3.13. The van der Waals surface area contributed by atoms with Gasteiger partial charge in [-0.05, 0) is 37.3 Å². The number of halogens is 3. The van der Waals surface area contributed by atoms with Crippen molar-refractivity contribution >= 4 is 51.3 Å². The first-order valence-electron chi connectivity index (χ1n) is 10.3. The zero-order chi connectivity index (χ0) is 24.1. The lowest BCUT2D eigenvalue weighted by Gasteiger charge is -2.11. The number of anilines is 2. The number of hydrogen-bond acceptors (Lipinski definition) is 6. The Morgan fingerprint density at radius 3 is 2.56 bits per heavy atom. The Bertz CT molecular complexity index is 1290. The number of ether oxygens (including phenoxy) is 2. The van der Waals surface area contributed by atoms with Gasteiger partial charge in [-0.3, -0.25) is 0 Å².